The Morgan fingerprint density at radius 2 is 2.07 bits per heavy atom. The molecule has 1 rings (SSSR count). The van der Waals surface area contributed by atoms with Gasteiger partial charge in [0.15, 0.2) is 0 Å². The molecule has 0 bridgehead atoms. The maximum atomic E-state index is 11.4. The van der Waals surface area contributed by atoms with Gasteiger partial charge in [0.1, 0.15) is 0 Å². The van der Waals surface area contributed by atoms with Crippen molar-refractivity contribution in [2.24, 2.45) is 0 Å². The number of aliphatic hydroxyl groups excluding tert-OH is 1. The lowest BCUT2D eigenvalue weighted by Gasteiger charge is -2.07. The van der Waals surface area contributed by atoms with Gasteiger partial charge in [-0.25, -0.2) is 13.1 Å². The van der Waals surface area contributed by atoms with Crippen LogP contribution in [0.3, 0.4) is 0 Å². The van der Waals surface area contributed by atoms with Crippen LogP contribution in [-0.2, 0) is 10.0 Å². The Labute approximate surface area is 83.6 Å². The second kappa shape index (κ2) is 4.08. The number of benzene rings is 1. The third kappa shape index (κ3) is 2.31. The van der Waals surface area contributed by atoms with E-state index in [4.69, 9.17) is 0 Å². The average Bonchev–Trinajstić information content (AvgIpc) is 2.18. The third-order valence-corrected chi connectivity index (χ3v) is 3.33. The second-order valence-corrected chi connectivity index (χ2v) is 4.84. The summed E-state index contributed by atoms with van der Waals surface area (Å²) in [6.07, 6.45) is -0.665. The van der Waals surface area contributed by atoms with Gasteiger partial charge in [-0.15, -0.1) is 0 Å². The van der Waals surface area contributed by atoms with Crippen LogP contribution in [-0.4, -0.2) is 20.6 Å². The Balaban J connectivity index is 3.19. The molecular weight excluding hydrogens is 202 g/mol. The molecule has 2 N–H and O–H groups in total. The molecule has 0 aliphatic carbocycles. The van der Waals surface area contributed by atoms with E-state index in [1.807, 2.05) is 0 Å². The van der Waals surface area contributed by atoms with Crippen molar-refractivity contribution in [1.29, 1.82) is 0 Å². The van der Waals surface area contributed by atoms with E-state index < -0.39 is 16.1 Å². The van der Waals surface area contributed by atoms with E-state index in [-0.39, 0.29) is 4.90 Å². The van der Waals surface area contributed by atoms with E-state index in [9.17, 15) is 13.5 Å². The van der Waals surface area contributed by atoms with Crippen molar-refractivity contribution in [3.05, 3.63) is 29.8 Å². The monoisotopic (exact) mass is 215 g/mol. The zero-order valence-electron chi connectivity index (χ0n) is 8.06. The molecule has 0 saturated heterocycles. The van der Waals surface area contributed by atoms with Crippen molar-refractivity contribution in [3.63, 3.8) is 0 Å². The molecule has 0 aliphatic rings. The van der Waals surface area contributed by atoms with Crippen LogP contribution in [0.1, 0.15) is 18.6 Å². The molecule has 1 aromatic carbocycles. The molecule has 0 heterocycles. The first kappa shape index (κ1) is 11.2. The van der Waals surface area contributed by atoms with Crippen molar-refractivity contribution in [2.45, 2.75) is 17.9 Å². The van der Waals surface area contributed by atoms with Gasteiger partial charge in [-0.2, -0.15) is 0 Å². The molecule has 0 amide bonds. The summed E-state index contributed by atoms with van der Waals surface area (Å²) in [7, 11) is -2.06. The van der Waals surface area contributed by atoms with Crippen LogP contribution >= 0.6 is 0 Å². The minimum Gasteiger partial charge on any atom is -0.389 e. The van der Waals surface area contributed by atoms with Crippen LogP contribution in [0.5, 0.6) is 0 Å². The van der Waals surface area contributed by atoms with Gasteiger partial charge in [0.25, 0.3) is 0 Å². The highest BCUT2D eigenvalue weighted by Gasteiger charge is 2.12. The fourth-order valence-corrected chi connectivity index (χ4v) is 1.84. The lowest BCUT2D eigenvalue weighted by atomic mass is 10.1. The molecule has 4 nitrogen and oxygen atoms in total. The fraction of sp³-hybridized carbons (Fsp3) is 0.333. The smallest absolute Gasteiger partial charge is 0.240 e. The number of hydrogen-bond donors (Lipinski definition) is 2. The standard InChI is InChI=1S/C9H13NO3S/c1-7(11)8-4-3-5-9(6-8)14(12,13)10-2/h3-7,10-11H,1-2H3. The summed E-state index contributed by atoms with van der Waals surface area (Å²) in [6.45, 7) is 1.59. The molecule has 1 atom stereocenters. The molecule has 5 heteroatoms. The largest absolute Gasteiger partial charge is 0.389 e. The van der Waals surface area contributed by atoms with Crippen LogP contribution in [0.4, 0.5) is 0 Å². The van der Waals surface area contributed by atoms with Gasteiger partial charge in [-0.3, -0.25) is 0 Å². The number of rotatable bonds is 3. The van der Waals surface area contributed by atoms with Gasteiger partial charge in [-0.05, 0) is 31.7 Å². The molecule has 0 fully saturated rings. The van der Waals surface area contributed by atoms with E-state index in [0.29, 0.717) is 5.56 Å². The first-order valence-electron chi connectivity index (χ1n) is 4.19. The topological polar surface area (TPSA) is 66.4 Å². The Kier molecular flexibility index (Phi) is 3.25. The van der Waals surface area contributed by atoms with E-state index in [2.05, 4.69) is 4.72 Å². The van der Waals surface area contributed by atoms with Crippen LogP contribution in [0.2, 0.25) is 0 Å². The van der Waals surface area contributed by atoms with Gasteiger partial charge in [0.05, 0.1) is 11.0 Å². The molecule has 0 spiro atoms. The summed E-state index contributed by atoms with van der Waals surface area (Å²) in [5.74, 6) is 0. The fourth-order valence-electron chi connectivity index (χ4n) is 1.06. The molecule has 0 radical (unpaired) electrons. The minimum absolute atomic E-state index is 0.165. The highest BCUT2D eigenvalue weighted by molar-refractivity contribution is 7.89. The SMILES string of the molecule is CNS(=O)(=O)c1cccc(C(C)O)c1. The van der Waals surface area contributed by atoms with Crippen molar-refractivity contribution < 1.29 is 13.5 Å². The van der Waals surface area contributed by atoms with Crippen molar-refractivity contribution in [1.82, 2.24) is 4.72 Å². The highest BCUT2D eigenvalue weighted by atomic mass is 32.2. The minimum atomic E-state index is -3.42. The summed E-state index contributed by atoms with van der Waals surface area (Å²) in [5.41, 5.74) is 0.585. The number of nitrogens with one attached hydrogen (secondary N) is 1. The van der Waals surface area contributed by atoms with Crippen LogP contribution in [0.25, 0.3) is 0 Å². The summed E-state index contributed by atoms with van der Waals surface area (Å²) in [6, 6.07) is 6.22. The molecule has 0 aliphatic heterocycles. The molecule has 1 aromatic rings. The van der Waals surface area contributed by atoms with Crippen molar-refractivity contribution in [2.75, 3.05) is 7.05 Å². The van der Waals surface area contributed by atoms with Crippen molar-refractivity contribution >= 4 is 10.0 Å². The predicted octanol–water partition coefficient (Wildman–Crippen LogP) is 0.648. The zero-order valence-corrected chi connectivity index (χ0v) is 8.88. The first-order valence-corrected chi connectivity index (χ1v) is 5.67. The Hall–Kier alpha value is -0.910. The van der Waals surface area contributed by atoms with E-state index >= 15 is 0 Å². The Morgan fingerprint density at radius 3 is 2.57 bits per heavy atom. The average molecular weight is 215 g/mol. The van der Waals surface area contributed by atoms with Gasteiger partial charge < -0.3 is 5.11 Å². The Morgan fingerprint density at radius 1 is 1.43 bits per heavy atom. The highest BCUT2D eigenvalue weighted by Crippen LogP contribution is 2.16. The molecule has 78 valence electrons. The lowest BCUT2D eigenvalue weighted by molar-refractivity contribution is 0.199. The first-order chi connectivity index (χ1) is 6.47. The van der Waals surface area contributed by atoms with Crippen molar-refractivity contribution in [3.8, 4) is 0 Å². The summed E-state index contributed by atoms with van der Waals surface area (Å²) in [4.78, 5) is 0.165. The number of aliphatic hydroxyl groups is 1. The van der Waals surface area contributed by atoms with Gasteiger partial charge in [-0.1, -0.05) is 12.1 Å². The van der Waals surface area contributed by atoms with Crippen LogP contribution < -0.4 is 4.72 Å². The number of hydrogen-bond acceptors (Lipinski definition) is 3. The van der Waals surface area contributed by atoms with Crippen LogP contribution in [0.15, 0.2) is 29.2 Å². The van der Waals surface area contributed by atoms with E-state index in [0.717, 1.165) is 0 Å². The molecule has 1 unspecified atom stereocenters. The summed E-state index contributed by atoms with van der Waals surface area (Å²) >= 11 is 0. The van der Waals surface area contributed by atoms with E-state index in [1.165, 1.54) is 19.2 Å². The molecule has 0 saturated carbocycles. The summed E-state index contributed by atoms with van der Waals surface area (Å²) < 4.78 is 25.0. The van der Waals surface area contributed by atoms with Gasteiger partial charge in [0.2, 0.25) is 10.0 Å². The molecular formula is C9H13NO3S. The number of sulfonamides is 1. The maximum Gasteiger partial charge on any atom is 0.240 e. The van der Waals surface area contributed by atoms with E-state index in [1.54, 1.807) is 19.1 Å². The third-order valence-electron chi connectivity index (χ3n) is 1.92. The van der Waals surface area contributed by atoms with Crippen LogP contribution in [0, 0.1) is 0 Å². The maximum absolute atomic E-state index is 11.4. The second-order valence-electron chi connectivity index (χ2n) is 2.96. The van der Waals surface area contributed by atoms with Gasteiger partial charge in [0, 0.05) is 0 Å². The predicted molar refractivity (Wildman–Crippen MR) is 53.3 cm³/mol. The zero-order chi connectivity index (χ0) is 10.8. The lowest BCUT2D eigenvalue weighted by Crippen LogP contribution is -2.18. The summed E-state index contributed by atoms with van der Waals surface area (Å²) in [5, 5.41) is 9.27. The quantitative estimate of drug-likeness (QED) is 0.778. The molecule has 14 heavy (non-hydrogen) atoms. The normalized spacial score (nSPS) is 13.9. The van der Waals surface area contributed by atoms with Gasteiger partial charge >= 0.3 is 0 Å². The molecule has 0 aromatic heterocycles. The Bertz CT molecular complexity index is 412.